The zero-order chi connectivity index (χ0) is 37.1. The molecule has 1 aliphatic rings. The van der Waals surface area contributed by atoms with E-state index in [2.05, 4.69) is 10.6 Å². The van der Waals surface area contributed by atoms with Crippen molar-refractivity contribution in [3.63, 3.8) is 0 Å². The molecule has 0 bridgehead atoms. The molecule has 1 heterocycles. The van der Waals surface area contributed by atoms with Gasteiger partial charge in [0.2, 0.25) is 17.7 Å². The van der Waals surface area contributed by atoms with E-state index in [1.807, 2.05) is 32.0 Å². The lowest BCUT2D eigenvalue weighted by Crippen LogP contribution is -2.58. The number of thioether (sulfide) groups is 1. The number of benzene rings is 3. The Morgan fingerprint density at radius 3 is 1.88 bits per heavy atom. The van der Waals surface area contributed by atoms with Crippen LogP contribution in [0, 0.1) is 5.92 Å². The second kappa shape index (κ2) is 18.1. The monoisotopic (exact) mass is 714 g/mol. The molecule has 1 unspecified atom stereocenters. The van der Waals surface area contributed by atoms with Crippen molar-refractivity contribution >= 4 is 52.5 Å². The third-order valence-electron chi connectivity index (χ3n) is 8.19. The van der Waals surface area contributed by atoms with E-state index in [-0.39, 0.29) is 49.5 Å². The number of carbonyl (C=O) groups is 7. The van der Waals surface area contributed by atoms with Gasteiger partial charge in [-0.1, -0.05) is 98.4 Å². The van der Waals surface area contributed by atoms with Crippen molar-refractivity contribution in [1.29, 1.82) is 0 Å². The predicted molar refractivity (Wildman–Crippen MR) is 191 cm³/mol. The molecule has 0 fully saturated rings. The number of hydrogen-bond acceptors (Lipinski definition) is 9. The average Bonchev–Trinajstić information content (AvgIpc) is 3.36. The van der Waals surface area contributed by atoms with Crippen LogP contribution in [-0.4, -0.2) is 81.5 Å². The second-order valence-electron chi connectivity index (χ2n) is 12.5. The number of imide groups is 2. The maximum atomic E-state index is 14.5. The van der Waals surface area contributed by atoms with Gasteiger partial charge in [-0.15, -0.1) is 0 Å². The average molecular weight is 715 g/mol. The van der Waals surface area contributed by atoms with Crippen LogP contribution < -0.4 is 10.6 Å². The zero-order valence-electron chi connectivity index (χ0n) is 29.0. The van der Waals surface area contributed by atoms with Gasteiger partial charge >= 0.3 is 6.09 Å². The van der Waals surface area contributed by atoms with Gasteiger partial charge in [-0.25, -0.2) is 9.69 Å². The fourth-order valence-corrected chi connectivity index (χ4v) is 6.55. The molecule has 268 valence electrons. The number of nitrogens with one attached hydrogen (secondary N) is 2. The number of nitrogens with zero attached hydrogens (tertiary/aromatic N) is 2. The summed E-state index contributed by atoms with van der Waals surface area (Å²) in [5.74, 6) is -3.46. The molecule has 13 heteroatoms. The summed E-state index contributed by atoms with van der Waals surface area (Å²) < 4.78 is 5.60. The molecule has 0 aliphatic carbocycles. The Morgan fingerprint density at radius 2 is 1.35 bits per heavy atom. The van der Waals surface area contributed by atoms with Crippen LogP contribution in [0.15, 0.2) is 84.9 Å². The highest BCUT2D eigenvalue weighted by atomic mass is 32.2. The molecule has 3 atom stereocenters. The summed E-state index contributed by atoms with van der Waals surface area (Å²) >= 11 is 0.627. The summed E-state index contributed by atoms with van der Waals surface area (Å²) in [6.45, 7) is 4.42. The molecular weight excluding hydrogens is 673 g/mol. The summed E-state index contributed by atoms with van der Waals surface area (Å²) in [5, 5.41) is 3.56. The zero-order valence-corrected chi connectivity index (χ0v) is 29.8. The van der Waals surface area contributed by atoms with Crippen molar-refractivity contribution < 1.29 is 38.3 Å². The van der Waals surface area contributed by atoms with Gasteiger partial charge in [-0.2, -0.15) is 0 Å². The molecular formula is C38H42N4O8S. The summed E-state index contributed by atoms with van der Waals surface area (Å²) in [6.07, 6.45) is -1.18. The van der Waals surface area contributed by atoms with Crippen molar-refractivity contribution in [1.82, 2.24) is 20.4 Å². The molecule has 4 rings (SSSR count). The number of fused-ring (bicyclic) bond motifs is 1. The largest absolute Gasteiger partial charge is 0.444 e. The standard InChI is InChI=1S/C38H42N4O8S/c1-24(2)21-31(34(45)40-30(33(44)39-4)22-26-13-7-5-8-14-26)42(38(49)50-23-27-15-9-6-10-16-27)37(48)32(51-25(3)43)19-20-41-35(46)28-17-11-12-18-29(28)36(41)47/h5-18,24,30-32H,19-23H2,1-4H3,(H,39,44)(H,40,45)/t30-,31-,32?/m0/s1. The molecule has 0 radical (unpaired) electrons. The second-order valence-corrected chi connectivity index (χ2v) is 13.8. The Balaban J connectivity index is 1.67. The van der Waals surface area contributed by atoms with E-state index >= 15 is 0 Å². The van der Waals surface area contributed by atoms with E-state index < -0.39 is 58.1 Å². The van der Waals surface area contributed by atoms with Crippen LogP contribution in [0.5, 0.6) is 0 Å². The highest BCUT2D eigenvalue weighted by Gasteiger charge is 2.42. The maximum Gasteiger partial charge on any atom is 0.417 e. The minimum atomic E-state index is -1.45. The number of ether oxygens (including phenoxy) is 1. The van der Waals surface area contributed by atoms with Gasteiger partial charge in [0.1, 0.15) is 18.7 Å². The van der Waals surface area contributed by atoms with E-state index in [1.54, 1.807) is 54.6 Å². The highest BCUT2D eigenvalue weighted by Crippen LogP contribution is 2.27. The molecule has 0 saturated heterocycles. The lowest BCUT2D eigenvalue weighted by atomic mass is 9.99. The normalized spacial score (nSPS) is 13.9. The first kappa shape index (κ1) is 38.5. The molecule has 0 aromatic heterocycles. The highest BCUT2D eigenvalue weighted by molar-refractivity contribution is 8.14. The van der Waals surface area contributed by atoms with Crippen LogP contribution in [0.3, 0.4) is 0 Å². The molecule has 0 saturated carbocycles. The third kappa shape index (κ3) is 10.1. The summed E-state index contributed by atoms with van der Waals surface area (Å²) in [4.78, 5) is 96.0. The first-order valence-corrected chi connectivity index (χ1v) is 17.5. The SMILES string of the molecule is CNC(=O)[C@H](Cc1ccccc1)NC(=O)[C@H](CC(C)C)N(C(=O)OCc1ccccc1)C(=O)C(CCN1C(=O)c2ccccc2C1=O)SC(C)=O. The van der Waals surface area contributed by atoms with Crippen LogP contribution in [-0.2, 0) is 36.9 Å². The number of hydrogen-bond donors (Lipinski definition) is 2. The fraction of sp³-hybridized carbons (Fsp3) is 0.342. The van der Waals surface area contributed by atoms with Gasteiger partial charge in [0, 0.05) is 26.9 Å². The summed E-state index contributed by atoms with van der Waals surface area (Å²) in [6, 6.07) is 21.7. The molecule has 1 aliphatic heterocycles. The Bertz CT molecular complexity index is 1720. The lowest BCUT2D eigenvalue weighted by molar-refractivity contribution is -0.140. The first-order valence-electron chi connectivity index (χ1n) is 16.6. The van der Waals surface area contributed by atoms with Gasteiger partial charge in [0.25, 0.3) is 11.8 Å². The first-order chi connectivity index (χ1) is 24.4. The van der Waals surface area contributed by atoms with Gasteiger partial charge in [-0.3, -0.25) is 33.7 Å². The van der Waals surface area contributed by atoms with Crippen molar-refractivity contribution in [3.05, 3.63) is 107 Å². The van der Waals surface area contributed by atoms with Gasteiger partial charge < -0.3 is 15.4 Å². The predicted octanol–water partition coefficient (Wildman–Crippen LogP) is 4.37. The van der Waals surface area contributed by atoms with Crippen LogP contribution >= 0.6 is 11.8 Å². The molecule has 3 aromatic rings. The van der Waals surface area contributed by atoms with Gasteiger partial charge in [0.05, 0.1) is 16.4 Å². The van der Waals surface area contributed by atoms with E-state index in [0.29, 0.717) is 22.2 Å². The molecule has 3 aromatic carbocycles. The van der Waals surface area contributed by atoms with E-state index in [9.17, 15) is 33.6 Å². The van der Waals surface area contributed by atoms with Crippen molar-refractivity contribution in [2.24, 2.45) is 5.92 Å². The van der Waals surface area contributed by atoms with Crippen LogP contribution in [0.1, 0.15) is 65.5 Å². The topological polar surface area (TPSA) is 159 Å². The Morgan fingerprint density at radius 1 is 0.804 bits per heavy atom. The van der Waals surface area contributed by atoms with Gasteiger partial charge in [-0.05, 0) is 42.0 Å². The molecule has 2 N–H and O–H groups in total. The van der Waals surface area contributed by atoms with Crippen LogP contribution in [0.2, 0.25) is 0 Å². The van der Waals surface area contributed by atoms with Gasteiger partial charge in [0.15, 0.2) is 5.12 Å². The molecule has 6 amide bonds. The van der Waals surface area contributed by atoms with E-state index in [1.165, 1.54) is 26.1 Å². The Kier molecular flexibility index (Phi) is 13.7. The third-order valence-corrected chi connectivity index (χ3v) is 9.24. The van der Waals surface area contributed by atoms with Crippen LogP contribution in [0.4, 0.5) is 4.79 Å². The number of carbonyl (C=O) groups excluding carboxylic acids is 7. The fourth-order valence-electron chi connectivity index (χ4n) is 5.71. The molecule has 12 nitrogen and oxygen atoms in total. The minimum Gasteiger partial charge on any atom is -0.444 e. The molecule has 0 spiro atoms. The van der Waals surface area contributed by atoms with E-state index in [0.717, 1.165) is 10.5 Å². The van der Waals surface area contributed by atoms with E-state index in [4.69, 9.17) is 4.74 Å². The quantitative estimate of drug-likeness (QED) is 0.218. The summed E-state index contributed by atoms with van der Waals surface area (Å²) in [5.41, 5.74) is 1.86. The smallest absolute Gasteiger partial charge is 0.417 e. The number of likely N-dealkylation sites (N-methyl/N-ethyl adjacent to an activating group) is 1. The summed E-state index contributed by atoms with van der Waals surface area (Å²) in [7, 11) is 1.44. The minimum absolute atomic E-state index is 0.000322. The lowest BCUT2D eigenvalue weighted by Gasteiger charge is -2.33. The number of amides is 6. The maximum absolute atomic E-state index is 14.5. The van der Waals surface area contributed by atoms with Crippen molar-refractivity contribution in [2.75, 3.05) is 13.6 Å². The van der Waals surface area contributed by atoms with Crippen LogP contribution in [0.25, 0.3) is 0 Å². The van der Waals surface area contributed by atoms with Crippen molar-refractivity contribution in [3.8, 4) is 0 Å². The molecule has 51 heavy (non-hydrogen) atoms. The Labute approximate surface area is 301 Å². The Hall–Kier alpha value is -5.30. The van der Waals surface area contributed by atoms with Crippen molar-refractivity contribution in [2.45, 2.75) is 64.0 Å². The number of rotatable bonds is 15.